The number of anilines is 1. The summed E-state index contributed by atoms with van der Waals surface area (Å²) in [5, 5.41) is 16.4. The number of nitrogens with one attached hydrogen (secondary N) is 1. The molecule has 2 N–H and O–H groups in total. The molecule has 0 fully saturated rings. The van der Waals surface area contributed by atoms with Gasteiger partial charge in [0.1, 0.15) is 5.82 Å². The molecule has 0 unspecified atom stereocenters. The van der Waals surface area contributed by atoms with Gasteiger partial charge in [0.25, 0.3) is 0 Å². The molecule has 0 saturated heterocycles. The van der Waals surface area contributed by atoms with Crippen molar-refractivity contribution in [1.82, 2.24) is 14.7 Å². The van der Waals surface area contributed by atoms with Crippen LogP contribution in [0.5, 0.6) is 0 Å². The number of hydrogen-bond donors (Lipinski definition) is 2. The molecule has 3 aromatic rings. The molecule has 1 amide bonds. The number of amides is 1. The van der Waals surface area contributed by atoms with Crippen molar-refractivity contribution < 1.29 is 14.3 Å². The van der Waals surface area contributed by atoms with Crippen molar-refractivity contribution in [3.8, 4) is 0 Å². The van der Waals surface area contributed by atoms with E-state index in [9.17, 15) is 14.3 Å². The van der Waals surface area contributed by atoms with Crippen LogP contribution in [-0.4, -0.2) is 45.4 Å². The van der Waals surface area contributed by atoms with E-state index in [4.69, 9.17) is 0 Å². The van der Waals surface area contributed by atoms with Gasteiger partial charge in [0.15, 0.2) is 0 Å². The third kappa shape index (κ3) is 6.81. The van der Waals surface area contributed by atoms with Gasteiger partial charge in [0.2, 0.25) is 5.91 Å². The summed E-state index contributed by atoms with van der Waals surface area (Å²) in [5.41, 5.74) is 2.62. The smallest absolute Gasteiger partial charge is 0.225 e. The minimum Gasteiger partial charge on any atom is -0.395 e. The predicted octanol–water partition coefficient (Wildman–Crippen LogP) is 2.89. The maximum atomic E-state index is 13.2. The molecule has 0 spiro atoms. The van der Waals surface area contributed by atoms with Crippen LogP contribution in [0.3, 0.4) is 0 Å². The van der Waals surface area contributed by atoms with Crippen molar-refractivity contribution >= 4 is 11.6 Å². The van der Waals surface area contributed by atoms with E-state index in [1.54, 1.807) is 18.3 Å². The number of rotatable bonds is 10. The minimum atomic E-state index is -0.391. The van der Waals surface area contributed by atoms with E-state index in [2.05, 4.69) is 22.5 Å². The van der Waals surface area contributed by atoms with E-state index in [1.165, 1.54) is 17.7 Å². The van der Waals surface area contributed by atoms with Gasteiger partial charge in [-0.25, -0.2) is 4.39 Å². The monoisotopic (exact) mass is 396 g/mol. The fourth-order valence-electron chi connectivity index (χ4n) is 3.06. The van der Waals surface area contributed by atoms with Crippen LogP contribution in [0.2, 0.25) is 0 Å². The molecule has 0 aliphatic rings. The van der Waals surface area contributed by atoms with Gasteiger partial charge in [-0.1, -0.05) is 36.4 Å². The lowest BCUT2D eigenvalue weighted by atomic mass is 10.2. The van der Waals surface area contributed by atoms with Crippen LogP contribution >= 0.6 is 0 Å². The third-order valence-electron chi connectivity index (χ3n) is 4.46. The van der Waals surface area contributed by atoms with Gasteiger partial charge in [-0.3, -0.25) is 14.4 Å². The normalized spacial score (nSPS) is 11.0. The van der Waals surface area contributed by atoms with Gasteiger partial charge in [0, 0.05) is 43.5 Å². The van der Waals surface area contributed by atoms with Crippen LogP contribution < -0.4 is 5.32 Å². The number of halogens is 1. The molecule has 1 heterocycles. The molecule has 6 nitrogen and oxygen atoms in total. The Kier molecular flexibility index (Phi) is 7.49. The van der Waals surface area contributed by atoms with Gasteiger partial charge in [0.05, 0.1) is 19.3 Å². The molecule has 0 saturated carbocycles. The summed E-state index contributed by atoms with van der Waals surface area (Å²) in [6, 6.07) is 15.9. The second-order valence-corrected chi connectivity index (χ2v) is 6.84. The molecule has 3 rings (SSSR count). The Balaban J connectivity index is 1.51. The Morgan fingerprint density at radius 2 is 1.93 bits per heavy atom. The van der Waals surface area contributed by atoms with E-state index in [-0.39, 0.29) is 18.9 Å². The number of aromatic nitrogens is 2. The maximum Gasteiger partial charge on any atom is 0.225 e. The molecule has 2 aromatic carbocycles. The highest BCUT2D eigenvalue weighted by atomic mass is 19.1. The van der Waals surface area contributed by atoms with Crippen LogP contribution in [0.25, 0.3) is 0 Å². The number of aliphatic hydroxyl groups is 1. The fraction of sp³-hybridized carbons (Fsp3) is 0.273. The fourth-order valence-corrected chi connectivity index (χ4v) is 3.06. The van der Waals surface area contributed by atoms with Crippen molar-refractivity contribution in [3.05, 3.63) is 83.9 Å². The lowest BCUT2D eigenvalue weighted by Gasteiger charge is -2.20. The average Bonchev–Trinajstić information content (AvgIpc) is 3.14. The van der Waals surface area contributed by atoms with E-state index >= 15 is 0 Å². The van der Waals surface area contributed by atoms with Crippen LogP contribution in [0, 0.1) is 5.82 Å². The number of aliphatic hydroxyl groups excluding tert-OH is 1. The highest BCUT2D eigenvalue weighted by Crippen LogP contribution is 2.11. The third-order valence-corrected chi connectivity index (χ3v) is 4.46. The number of nitrogens with zero attached hydrogens (tertiary/aromatic N) is 3. The highest BCUT2D eigenvalue weighted by molar-refractivity contribution is 5.90. The summed E-state index contributed by atoms with van der Waals surface area (Å²) in [6.45, 7) is 2.21. The summed E-state index contributed by atoms with van der Waals surface area (Å²) in [4.78, 5) is 14.1. The summed E-state index contributed by atoms with van der Waals surface area (Å²) < 4.78 is 15.1. The van der Waals surface area contributed by atoms with Crippen molar-refractivity contribution in [1.29, 1.82) is 0 Å². The Morgan fingerprint density at radius 1 is 1.10 bits per heavy atom. The van der Waals surface area contributed by atoms with Crippen LogP contribution in [-0.2, 0) is 17.9 Å². The van der Waals surface area contributed by atoms with E-state index in [0.717, 1.165) is 5.56 Å². The van der Waals surface area contributed by atoms with E-state index < -0.39 is 5.82 Å². The van der Waals surface area contributed by atoms with Crippen LogP contribution in [0.15, 0.2) is 67.0 Å². The summed E-state index contributed by atoms with van der Waals surface area (Å²) in [7, 11) is 0. The number of benzene rings is 2. The molecular weight excluding hydrogens is 371 g/mol. The Labute approximate surface area is 169 Å². The molecule has 1 aromatic heterocycles. The SMILES string of the molecule is O=C(CCN(CCO)Cc1cnn(Cc2ccccc2)c1)Nc1cccc(F)c1. The van der Waals surface area contributed by atoms with Crippen molar-refractivity contribution in [2.45, 2.75) is 19.5 Å². The highest BCUT2D eigenvalue weighted by Gasteiger charge is 2.11. The predicted molar refractivity (Wildman–Crippen MR) is 110 cm³/mol. The lowest BCUT2D eigenvalue weighted by molar-refractivity contribution is -0.116. The quantitative estimate of drug-likeness (QED) is 0.553. The molecule has 0 atom stereocenters. The van der Waals surface area contributed by atoms with Gasteiger partial charge in [-0.15, -0.1) is 0 Å². The number of hydrogen-bond acceptors (Lipinski definition) is 4. The Bertz CT molecular complexity index is 914. The second-order valence-electron chi connectivity index (χ2n) is 6.84. The van der Waals surface area contributed by atoms with Crippen molar-refractivity contribution in [2.24, 2.45) is 0 Å². The van der Waals surface area contributed by atoms with E-state index in [1.807, 2.05) is 34.0 Å². The Hall–Kier alpha value is -3.03. The zero-order valence-electron chi connectivity index (χ0n) is 16.2. The second kappa shape index (κ2) is 10.5. The first-order valence-electron chi connectivity index (χ1n) is 9.56. The lowest BCUT2D eigenvalue weighted by Crippen LogP contribution is -2.30. The standard InChI is InChI=1S/C22H25FN4O2/c23-20-7-4-8-21(13-20)25-22(29)9-10-26(11-12-28)15-19-14-24-27(17-19)16-18-5-2-1-3-6-18/h1-8,13-14,17,28H,9-12,15-16H2,(H,25,29). The topological polar surface area (TPSA) is 70.4 Å². The van der Waals surface area contributed by atoms with E-state index in [0.29, 0.717) is 31.9 Å². The van der Waals surface area contributed by atoms with Crippen LogP contribution in [0.4, 0.5) is 10.1 Å². The van der Waals surface area contributed by atoms with Crippen molar-refractivity contribution in [2.75, 3.05) is 25.0 Å². The molecule has 29 heavy (non-hydrogen) atoms. The molecule has 0 aliphatic heterocycles. The maximum absolute atomic E-state index is 13.2. The number of carbonyl (C=O) groups is 1. The largest absolute Gasteiger partial charge is 0.395 e. The van der Waals surface area contributed by atoms with Crippen molar-refractivity contribution in [3.63, 3.8) is 0 Å². The minimum absolute atomic E-state index is 0.00364. The molecule has 7 heteroatoms. The molecule has 0 radical (unpaired) electrons. The first-order valence-corrected chi connectivity index (χ1v) is 9.56. The molecular formula is C22H25FN4O2. The summed E-state index contributed by atoms with van der Waals surface area (Å²) in [5.74, 6) is -0.587. The average molecular weight is 396 g/mol. The molecule has 0 bridgehead atoms. The van der Waals surface area contributed by atoms with Gasteiger partial charge >= 0.3 is 0 Å². The summed E-state index contributed by atoms with van der Waals surface area (Å²) in [6.07, 6.45) is 4.03. The first-order chi connectivity index (χ1) is 14.1. The van der Waals surface area contributed by atoms with Gasteiger partial charge in [-0.2, -0.15) is 5.10 Å². The molecule has 152 valence electrons. The first kappa shape index (κ1) is 20.7. The van der Waals surface area contributed by atoms with Gasteiger partial charge < -0.3 is 10.4 Å². The zero-order chi connectivity index (χ0) is 20.5. The van der Waals surface area contributed by atoms with Gasteiger partial charge in [-0.05, 0) is 23.8 Å². The van der Waals surface area contributed by atoms with Crippen LogP contribution in [0.1, 0.15) is 17.5 Å². The Morgan fingerprint density at radius 3 is 2.69 bits per heavy atom. The number of carbonyl (C=O) groups excluding carboxylic acids is 1. The zero-order valence-corrected chi connectivity index (χ0v) is 16.2. The molecule has 0 aliphatic carbocycles. The summed E-state index contributed by atoms with van der Waals surface area (Å²) >= 11 is 0.